The monoisotopic (exact) mass is 251 g/mol. The first kappa shape index (κ1) is 12.5. The highest BCUT2D eigenvalue weighted by Crippen LogP contribution is 2.21. The Morgan fingerprint density at radius 2 is 2.44 bits per heavy atom. The van der Waals surface area contributed by atoms with Crippen LogP contribution in [-0.2, 0) is 6.42 Å². The van der Waals surface area contributed by atoms with Crippen molar-refractivity contribution in [2.75, 3.05) is 6.54 Å². The third-order valence-electron chi connectivity index (χ3n) is 3.19. The number of hydrogen-bond acceptors (Lipinski definition) is 4. The van der Waals surface area contributed by atoms with Gasteiger partial charge in [0.2, 0.25) is 0 Å². The van der Waals surface area contributed by atoms with Gasteiger partial charge in [0.15, 0.2) is 11.6 Å². The predicted octanol–water partition coefficient (Wildman–Crippen LogP) is 1.19. The highest BCUT2D eigenvalue weighted by atomic mass is 16.4. The lowest BCUT2D eigenvalue weighted by atomic mass is 10.2. The number of amidine groups is 1. The van der Waals surface area contributed by atoms with Crippen LogP contribution in [0.15, 0.2) is 21.7 Å². The van der Waals surface area contributed by atoms with Crippen molar-refractivity contribution in [3.05, 3.63) is 23.7 Å². The van der Waals surface area contributed by atoms with E-state index in [1.54, 1.807) is 17.0 Å². The van der Waals surface area contributed by atoms with Crippen LogP contribution in [0.25, 0.3) is 0 Å². The van der Waals surface area contributed by atoms with E-state index in [1.807, 2.05) is 6.92 Å². The molecule has 18 heavy (non-hydrogen) atoms. The molecule has 0 aliphatic carbocycles. The van der Waals surface area contributed by atoms with E-state index < -0.39 is 0 Å². The van der Waals surface area contributed by atoms with Gasteiger partial charge in [0.1, 0.15) is 5.76 Å². The second-order valence-corrected chi connectivity index (χ2v) is 4.30. The van der Waals surface area contributed by atoms with Crippen LogP contribution in [0.3, 0.4) is 0 Å². The van der Waals surface area contributed by atoms with Gasteiger partial charge in [-0.2, -0.15) is 0 Å². The third kappa shape index (κ3) is 2.18. The van der Waals surface area contributed by atoms with Gasteiger partial charge in [-0.1, -0.05) is 12.1 Å². The lowest BCUT2D eigenvalue weighted by molar-refractivity contribution is 0.0734. The zero-order valence-electron chi connectivity index (χ0n) is 10.3. The van der Waals surface area contributed by atoms with Crippen LogP contribution in [0.2, 0.25) is 0 Å². The van der Waals surface area contributed by atoms with Crippen molar-refractivity contribution >= 4 is 11.7 Å². The second-order valence-electron chi connectivity index (χ2n) is 4.30. The minimum Gasteiger partial charge on any atom is -0.456 e. The van der Waals surface area contributed by atoms with E-state index in [9.17, 15) is 4.79 Å². The smallest absolute Gasteiger partial charge is 0.290 e. The minimum absolute atomic E-state index is 0.0723. The summed E-state index contributed by atoms with van der Waals surface area (Å²) in [6.07, 6.45) is 2.30. The molecule has 2 rings (SSSR count). The lowest BCUT2D eigenvalue weighted by Crippen LogP contribution is -2.43. The summed E-state index contributed by atoms with van der Waals surface area (Å²) in [6, 6.07) is 3.13. The number of carbonyl (C=O) groups is 1. The average Bonchev–Trinajstić information content (AvgIpc) is 3.05. The van der Waals surface area contributed by atoms with Crippen LogP contribution in [0.1, 0.15) is 36.1 Å². The summed E-state index contributed by atoms with van der Waals surface area (Å²) in [5.41, 5.74) is 5.59. The number of likely N-dealkylation sites (tertiary alicyclic amines) is 1. The number of oxime groups is 1. The number of amides is 1. The topological polar surface area (TPSA) is 92.1 Å². The van der Waals surface area contributed by atoms with Crippen molar-refractivity contribution < 1.29 is 14.4 Å². The van der Waals surface area contributed by atoms with Gasteiger partial charge in [-0.15, -0.1) is 0 Å². The zero-order chi connectivity index (χ0) is 13.1. The maximum Gasteiger partial charge on any atom is 0.290 e. The lowest BCUT2D eigenvalue weighted by Gasteiger charge is -2.22. The van der Waals surface area contributed by atoms with Crippen molar-refractivity contribution in [3.63, 3.8) is 0 Å². The Kier molecular flexibility index (Phi) is 3.55. The Morgan fingerprint density at radius 1 is 1.67 bits per heavy atom. The Hall–Kier alpha value is -1.98. The molecule has 0 radical (unpaired) electrons. The molecule has 1 aliphatic rings. The normalized spacial score (nSPS) is 20.4. The van der Waals surface area contributed by atoms with E-state index in [1.165, 1.54) is 0 Å². The number of furan rings is 1. The van der Waals surface area contributed by atoms with Crippen molar-refractivity contribution in [3.8, 4) is 0 Å². The van der Waals surface area contributed by atoms with Crippen molar-refractivity contribution in [1.82, 2.24) is 4.90 Å². The highest BCUT2D eigenvalue weighted by molar-refractivity contribution is 5.96. The SMILES string of the molecule is CCc1ccc(C(=O)N2CCCC2C(N)=NO)o1. The minimum atomic E-state index is -0.335. The van der Waals surface area contributed by atoms with E-state index in [-0.39, 0.29) is 17.8 Å². The van der Waals surface area contributed by atoms with Crippen LogP contribution >= 0.6 is 0 Å². The molecule has 1 amide bonds. The fraction of sp³-hybridized carbons (Fsp3) is 0.500. The van der Waals surface area contributed by atoms with Gasteiger partial charge in [-0.05, 0) is 25.0 Å². The summed E-state index contributed by atoms with van der Waals surface area (Å²) in [7, 11) is 0. The molecule has 1 fully saturated rings. The molecular formula is C12H17N3O3. The molecule has 3 N–H and O–H groups in total. The Balaban J connectivity index is 2.17. The molecule has 1 unspecified atom stereocenters. The van der Waals surface area contributed by atoms with Crippen LogP contribution in [0, 0.1) is 0 Å². The molecule has 0 saturated carbocycles. The maximum absolute atomic E-state index is 12.2. The zero-order valence-corrected chi connectivity index (χ0v) is 10.3. The van der Waals surface area contributed by atoms with Gasteiger partial charge in [0, 0.05) is 13.0 Å². The van der Waals surface area contributed by atoms with Crippen molar-refractivity contribution in [2.24, 2.45) is 10.9 Å². The summed E-state index contributed by atoms with van der Waals surface area (Å²) < 4.78 is 5.43. The Morgan fingerprint density at radius 3 is 3.06 bits per heavy atom. The molecule has 1 aliphatic heterocycles. The van der Waals surface area contributed by atoms with Crippen LogP contribution < -0.4 is 5.73 Å². The van der Waals surface area contributed by atoms with E-state index in [0.29, 0.717) is 18.7 Å². The first-order valence-electron chi connectivity index (χ1n) is 6.04. The molecule has 0 bridgehead atoms. The maximum atomic E-state index is 12.2. The standard InChI is InChI=1S/C12H17N3O3/c1-2-8-5-6-10(18-8)12(16)15-7-3-4-9(15)11(13)14-17/h5-6,9,17H,2-4,7H2,1H3,(H2,13,14). The number of hydrogen-bond donors (Lipinski definition) is 2. The van der Waals surface area contributed by atoms with Gasteiger partial charge in [-0.3, -0.25) is 4.79 Å². The van der Waals surface area contributed by atoms with Gasteiger partial charge < -0.3 is 20.3 Å². The molecule has 98 valence electrons. The summed E-state index contributed by atoms with van der Waals surface area (Å²) >= 11 is 0. The number of carbonyl (C=O) groups excluding carboxylic acids is 1. The molecule has 1 aromatic rings. The van der Waals surface area contributed by atoms with Gasteiger partial charge in [-0.25, -0.2) is 0 Å². The van der Waals surface area contributed by atoms with E-state index in [0.717, 1.165) is 18.6 Å². The molecule has 0 spiro atoms. The summed E-state index contributed by atoms with van der Waals surface area (Å²) in [5.74, 6) is 0.953. The Bertz CT molecular complexity index is 467. The van der Waals surface area contributed by atoms with E-state index >= 15 is 0 Å². The summed E-state index contributed by atoms with van der Waals surface area (Å²) in [4.78, 5) is 13.8. The Labute approximate surface area is 105 Å². The third-order valence-corrected chi connectivity index (χ3v) is 3.19. The molecule has 1 aromatic heterocycles. The fourth-order valence-corrected chi connectivity index (χ4v) is 2.21. The number of rotatable bonds is 3. The molecule has 1 atom stereocenters. The molecule has 6 heteroatoms. The van der Waals surface area contributed by atoms with E-state index in [4.69, 9.17) is 15.4 Å². The first-order valence-corrected chi connectivity index (χ1v) is 6.04. The summed E-state index contributed by atoms with van der Waals surface area (Å²) in [6.45, 7) is 2.56. The van der Waals surface area contributed by atoms with Crippen molar-refractivity contribution in [1.29, 1.82) is 0 Å². The molecule has 6 nitrogen and oxygen atoms in total. The van der Waals surface area contributed by atoms with Crippen LogP contribution in [0.5, 0.6) is 0 Å². The number of nitrogens with two attached hydrogens (primary N) is 1. The fourth-order valence-electron chi connectivity index (χ4n) is 2.21. The summed E-state index contributed by atoms with van der Waals surface area (Å²) in [5, 5.41) is 11.7. The van der Waals surface area contributed by atoms with Gasteiger partial charge in [0.25, 0.3) is 5.91 Å². The molecular weight excluding hydrogens is 234 g/mol. The molecule has 2 heterocycles. The second kappa shape index (κ2) is 5.12. The quantitative estimate of drug-likeness (QED) is 0.365. The molecule has 1 saturated heterocycles. The van der Waals surface area contributed by atoms with Crippen LogP contribution in [0.4, 0.5) is 0 Å². The van der Waals surface area contributed by atoms with E-state index in [2.05, 4.69) is 5.16 Å². The molecule has 0 aromatic carbocycles. The number of aryl methyl sites for hydroxylation is 1. The first-order chi connectivity index (χ1) is 8.67. The highest BCUT2D eigenvalue weighted by Gasteiger charge is 2.33. The predicted molar refractivity (Wildman–Crippen MR) is 65.6 cm³/mol. The average molecular weight is 251 g/mol. The van der Waals surface area contributed by atoms with Crippen molar-refractivity contribution in [2.45, 2.75) is 32.2 Å². The van der Waals surface area contributed by atoms with Crippen LogP contribution in [-0.4, -0.2) is 34.4 Å². The number of nitrogens with zero attached hydrogens (tertiary/aromatic N) is 2. The largest absolute Gasteiger partial charge is 0.456 e. The van der Waals surface area contributed by atoms with Gasteiger partial charge >= 0.3 is 0 Å². The van der Waals surface area contributed by atoms with Gasteiger partial charge in [0.05, 0.1) is 6.04 Å².